The Hall–Kier alpha value is -1.65. The van der Waals surface area contributed by atoms with Crippen LogP contribution in [0.4, 0.5) is 13.2 Å². The Bertz CT molecular complexity index is 899. The Morgan fingerprint density at radius 2 is 1.88 bits per heavy atom. The molecule has 1 amide bonds. The van der Waals surface area contributed by atoms with Crippen LogP contribution in [0.3, 0.4) is 0 Å². The number of ether oxygens (including phenoxy) is 1. The average molecular weight is 477 g/mol. The molecular weight excluding hydrogens is 445 g/mol. The predicted molar refractivity (Wildman–Crippen MR) is 115 cm³/mol. The topological polar surface area (TPSA) is 75.7 Å². The van der Waals surface area contributed by atoms with Crippen molar-refractivity contribution in [2.24, 2.45) is 0 Å². The van der Waals surface area contributed by atoms with Gasteiger partial charge < -0.3 is 9.64 Å². The number of carbonyl (C=O) groups is 1. The van der Waals surface area contributed by atoms with Gasteiger partial charge in [-0.2, -0.15) is 13.2 Å². The maximum absolute atomic E-state index is 13.0. The molecule has 0 bridgehead atoms. The van der Waals surface area contributed by atoms with Crippen LogP contribution in [-0.4, -0.2) is 56.8 Å². The molecule has 1 N–H and O–H groups in total. The van der Waals surface area contributed by atoms with Gasteiger partial charge in [0.1, 0.15) is 0 Å². The normalized spacial score (nSPS) is 27.3. The van der Waals surface area contributed by atoms with E-state index >= 15 is 0 Å². The molecule has 2 fully saturated rings. The third-order valence-electron chi connectivity index (χ3n) is 6.41. The van der Waals surface area contributed by atoms with Crippen LogP contribution < -0.4 is 4.72 Å². The maximum atomic E-state index is 13.0. The van der Waals surface area contributed by atoms with E-state index < -0.39 is 27.8 Å². The van der Waals surface area contributed by atoms with Gasteiger partial charge in [0.15, 0.2) is 0 Å². The fraction of sp³-hybridized carbons (Fsp3) is 0.682. The number of piperidine rings is 1. The van der Waals surface area contributed by atoms with Crippen molar-refractivity contribution >= 4 is 15.9 Å². The Morgan fingerprint density at radius 1 is 1.19 bits per heavy atom. The molecule has 0 spiro atoms. The molecule has 32 heavy (non-hydrogen) atoms. The van der Waals surface area contributed by atoms with Gasteiger partial charge in [0.05, 0.1) is 30.6 Å². The van der Waals surface area contributed by atoms with E-state index in [9.17, 15) is 26.4 Å². The Labute approximate surface area is 187 Å². The highest BCUT2D eigenvalue weighted by atomic mass is 32.2. The summed E-state index contributed by atoms with van der Waals surface area (Å²) in [4.78, 5) is 13.7. The largest absolute Gasteiger partial charge is 0.416 e. The lowest BCUT2D eigenvalue weighted by Gasteiger charge is -2.41. The molecular formula is C22H31F3N2O4S. The molecule has 0 unspecified atom stereocenters. The number of carbonyl (C=O) groups excluding carboxylic acids is 1. The molecule has 1 aliphatic carbocycles. The maximum Gasteiger partial charge on any atom is 0.416 e. The van der Waals surface area contributed by atoms with E-state index in [1.807, 2.05) is 0 Å². The van der Waals surface area contributed by atoms with Crippen LogP contribution in [-0.2, 0) is 25.7 Å². The van der Waals surface area contributed by atoms with Crippen LogP contribution in [0.25, 0.3) is 0 Å². The van der Waals surface area contributed by atoms with Crippen molar-refractivity contribution in [3.05, 3.63) is 35.4 Å². The summed E-state index contributed by atoms with van der Waals surface area (Å²) in [7, 11) is -3.42. The van der Waals surface area contributed by atoms with E-state index in [1.54, 1.807) is 11.0 Å². The quantitative estimate of drug-likeness (QED) is 0.680. The van der Waals surface area contributed by atoms with Crippen molar-refractivity contribution in [2.45, 2.75) is 75.7 Å². The molecule has 1 saturated carbocycles. The number of hydrogen-bond donors (Lipinski definition) is 1. The fourth-order valence-electron chi connectivity index (χ4n) is 4.83. The average Bonchev–Trinajstić information content (AvgIpc) is 2.71. The Morgan fingerprint density at radius 3 is 2.47 bits per heavy atom. The minimum Gasteiger partial charge on any atom is -0.376 e. The van der Waals surface area contributed by atoms with Gasteiger partial charge in [-0.1, -0.05) is 18.2 Å². The molecule has 180 valence electrons. The summed E-state index contributed by atoms with van der Waals surface area (Å²) in [6.45, 7) is 2.26. The first-order valence-electron chi connectivity index (χ1n) is 11.0. The van der Waals surface area contributed by atoms with E-state index in [2.05, 4.69) is 4.72 Å². The second-order valence-corrected chi connectivity index (χ2v) is 10.6. The lowest BCUT2D eigenvalue weighted by Crippen LogP contribution is -2.58. The monoisotopic (exact) mass is 476 g/mol. The third-order valence-corrected chi connectivity index (χ3v) is 7.14. The number of alkyl halides is 3. The molecule has 0 aromatic heterocycles. The van der Waals surface area contributed by atoms with Gasteiger partial charge in [-0.15, -0.1) is 0 Å². The van der Waals surface area contributed by atoms with Crippen molar-refractivity contribution < 1.29 is 31.1 Å². The molecule has 1 aromatic carbocycles. The number of halogens is 3. The third kappa shape index (κ3) is 6.68. The highest BCUT2D eigenvalue weighted by Crippen LogP contribution is 2.37. The standard InChI is InChI=1S/C22H31F3N2O4S/c1-15(28)27-12-4-7-20(26-32(2,29)30)21(27)14-31-19-10-8-16(9-11-19)17-5-3-6-18(13-17)22(23,24)25/h3,5-6,13,16,19-21,26H,4,7-12,14H2,1-2H3/t16?,19?,20-,21-/m0/s1. The molecule has 0 radical (unpaired) electrons. The van der Waals surface area contributed by atoms with Crippen molar-refractivity contribution in [2.75, 3.05) is 19.4 Å². The zero-order valence-electron chi connectivity index (χ0n) is 18.4. The number of sulfonamides is 1. The molecule has 1 heterocycles. The number of amides is 1. The molecule has 3 rings (SSSR count). The van der Waals surface area contributed by atoms with Crippen LogP contribution in [0, 0.1) is 0 Å². The smallest absolute Gasteiger partial charge is 0.376 e. The summed E-state index contributed by atoms with van der Waals surface area (Å²) in [5.41, 5.74) is 0.0742. The molecule has 2 aliphatic rings. The Kier molecular flexibility index (Phi) is 7.88. The van der Waals surface area contributed by atoms with Gasteiger partial charge >= 0.3 is 6.18 Å². The minimum absolute atomic E-state index is 0.0557. The van der Waals surface area contributed by atoms with E-state index in [0.717, 1.165) is 25.2 Å². The highest BCUT2D eigenvalue weighted by Gasteiger charge is 2.36. The summed E-state index contributed by atoms with van der Waals surface area (Å²) in [6, 6.07) is 4.75. The first-order valence-corrected chi connectivity index (χ1v) is 12.9. The van der Waals surface area contributed by atoms with Crippen LogP contribution in [0.2, 0.25) is 0 Å². The molecule has 1 saturated heterocycles. The minimum atomic E-state index is -4.35. The summed E-state index contributed by atoms with van der Waals surface area (Å²) < 4.78 is 71.3. The summed E-state index contributed by atoms with van der Waals surface area (Å²) in [5, 5.41) is 0. The lowest BCUT2D eigenvalue weighted by atomic mass is 9.82. The van der Waals surface area contributed by atoms with Crippen molar-refractivity contribution in [3.8, 4) is 0 Å². The van der Waals surface area contributed by atoms with Gasteiger partial charge in [-0.3, -0.25) is 4.79 Å². The lowest BCUT2D eigenvalue weighted by molar-refractivity contribution is -0.137. The highest BCUT2D eigenvalue weighted by molar-refractivity contribution is 7.88. The van der Waals surface area contributed by atoms with Gasteiger partial charge in [0, 0.05) is 19.5 Å². The van der Waals surface area contributed by atoms with Gasteiger partial charge in [-0.05, 0) is 56.1 Å². The van der Waals surface area contributed by atoms with Crippen LogP contribution in [0.5, 0.6) is 0 Å². The van der Waals surface area contributed by atoms with E-state index in [-0.39, 0.29) is 30.6 Å². The second-order valence-electron chi connectivity index (χ2n) is 8.85. The first-order chi connectivity index (χ1) is 14.9. The van der Waals surface area contributed by atoms with E-state index in [1.165, 1.54) is 19.1 Å². The summed E-state index contributed by atoms with van der Waals surface area (Å²) >= 11 is 0. The number of nitrogens with zero attached hydrogens (tertiary/aromatic N) is 1. The molecule has 1 aromatic rings. The zero-order chi connectivity index (χ0) is 23.5. The van der Waals surface area contributed by atoms with Gasteiger partial charge in [-0.25, -0.2) is 13.1 Å². The van der Waals surface area contributed by atoms with Crippen LogP contribution in [0.15, 0.2) is 24.3 Å². The summed E-state index contributed by atoms with van der Waals surface area (Å²) in [6.07, 6.45) is 0.888. The predicted octanol–water partition coefficient (Wildman–Crippen LogP) is 3.68. The number of benzene rings is 1. The number of rotatable bonds is 6. The number of likely N-dealkylation sites (tertiary alicyclic amines) is 1. The Balaban J connectivity index is 1.58. The van der Waals surface area contributed by atoms with Crippen molar-refractivity contribution in [1.29, 1.82) is 0 Å². The molecule has 6 nitrogen and oxygen atoms in total. The molecule has 2 atom stereocenters. The number of nitrogens with one attached hydrogen (secondary N) is 1. The molecule has 10 heteroatoms. The number of hydrogen-bond acceptors (Lipinski definition) is 4. The zero-order valence-corrected chi connectivity index (χ0v) is 19.2. The van der Waals surface area contributed by atoms with E-state index in [0.29, 0.717) is 37.8 Å². The van der Waals surface area contributed by atoms with E-state index in [4.69, 9.17) is 4.74 Å². The van der Waals surface area contributed by atoms with Gasteiger partial charge in [0.25, 0.3) is 0 Å². The fourth-order valence-corrected chi connectivity index (χ4v) is 5.66. The second kappa shape index (κ2) is 10.1. The van der Waals surface area contributed by atoms with Crippen molar-refractivity contribution in [1.82, 2.24) is 9.62 Å². The summed E-state index contributed by atoms with van der Waals surface area (Å²) in [5.74, 6) is -0.0629. The molecule has 1 aliphatic heterocycles. The van der Waals surface area contributed by atoms with Gasteiger partial charge in [0.2, 0.25) is 15.9 Å². The van der Waals surface area contributed by atoms with Crippen LogP contribution >= 0.6 is 0 Å². The SMILES string of the molecule is CC(=O)N1CCC[C@H](NS(C)(=O)=O)[C@@H]1COC1CCC(c2cccc(C(F)(F)F)c2)CC1. The first kappa shape index (κ1) is 25.0. The van der Waals surface area contributed by atoms with Crippen LogP contribution in [0.1, 0.15) is 62.5 Å². The van der Waals surface area contributed by atoms with Crippen molar-refractivity contribution in [3.63, 3.8) is 0 Å².